The zero-order valence-electron chi connectivity index (χ0n) is 10.8. The first-order chi connectivity index (χ1) is 6.29. The largest absolute Gasteiger partial charge is 0.393 e. The summed E-state index contributed by atoms with van der Waals surface area (Å²) in [6, 6.07) is 0. The topological polar surface area (TPSA) is 20.2 Å². The predicted molar refractivity (Wildman–Crippen MR) is 63.3 cm³/mol. The van der Waals surface area contributed by atoms with E-state index in [0.29, 0.717) is 0 Å². The Morgan fingerprint density at radius 2 is 1.50 bits per heavy atom. The summed E-state index contributed by atoms with van der Waals surface area (Å²) in [5.74, 6) is 1.51. The quantitative estimate of drug-likeness (QED) is 0.714. The third kappa shape index (κ3) is 4.99. The second-order valence-electron chi connectivity index (χ2n) is 5.82. The Labute approximate surface area is 89.9 Å². The van der Waals surface area contributed by atoms with E-state index in [9.17, 15) is 5.11 Å². The van der Waals surface area contributed by atoms with Crippen molar-refractivity contribution in [2.75, 3.05) is 0 Å². The summed E-state index contributed by atoms with van der Waals surface area (Å²) in [5, 5.41) is 9.89. The van der Waals surface area contributed by atoms with Crippen LogP contribution in [0.2, 0.25) is 0 Å². The maximum absolute atomic E-state index is 9.89. The lowest BCUT2D eigenvalue weighted by atomic mass is 9.82. The minimum atomic E-state index is -0.158. The molecule has 0 amide bonds. The number of aliphatic hydroxyl groups excluding tert-OH is 1. The molecule has 1 N–H and O–H groups in total. The molecule has 0 fully saturated rings. The summed E-state index contributed by atoms with van der Waals surface area (Å²) in [4.78, 5) is 0. The zero-order valence-corrected chi connectivity index (χ0v) is 10.8. The van der Waals surface area contributed by atoms with E-state index in [-0.39, 0.29) is 11.5 Å². The van der Waals surface area contributed by atoms with Gasteiger partial charge in [-0.05, 0) is 30.1 Å². The van der Waals surface area contributed by atoms with E-state index < -0.39 is 0 Å². The molecule has 14 heavy (non-hydrogen) atoms. The highest BCUT2D eigenvalue weighted by atomic mass is 16.3. The SMILES string of the molecule is CCC(C)C(C)CCC(O)C(C)(C)C. The van der Waals surface area contributed by atoms with E-state index in [4.69, 9.17) is 0 Å². The van der Waals surface area contributed by atoms with Crippen LogP contribution in [0.1, 0.15) is 60.8 Å². The van der Waals surface area contributed by atoms with Gasteiger partial charge in [-0.3, -0.25) is 0 Å². The van der Waals surface area contributed by atoms with Crippen molar-refractivity contribution in [3.05, 3.63) is 0 Å². The van der Waals surface area contributed by atoms with Gasteiger partial charge >= 0.3 is 0 Å². The van der Waals surface area contributed by atoms with Crippen LogP contribution >= 0.6 is 0 Å². The summed E-state index contributed by atoms with van der Waals surface area (Å²) in [7, 11) is 0. The Morgan fingerprint density at radius 3 is 1.86 bits per heavy atom. The molecule has 1 nitrogen and oxygen atoms in total. The lowest BCUT2D eigenvalue weighted by Crippen LogP contribution is -2.26. The molecule has 0 rings (SSSR count). The summed E-state index contributed by atoms with van der Waals surface area (Å²) in [6.07, 6.45) is 3.17. The molecule has 0 aromatic rings. The monoisotopic (exact) mass is 200 g/mol. The van der Waals surface area contributed by atoms with E-state index in [1.54, 1.807) is 0 Å². The molecule has 0 radical (unpaired) electrons. The van der Waals surface area contributed by atoms with Gasteiger partial charge in [-0.1, -0.05) is 48.0 Å². The molecule has 0 aromatic heterocycles. The predicted octanol–water partition coefficient (Wildman–Crippen LogP) is 3.86. The van der Waals surface area contributed by atoms with Crippen LogP contribution < -0.4 is 0 Å². The summed E-state index contributed by atoms with van der Waals surface area (Å²) >= 11 is 0. The standard InChI is InChI=1S/C13H28O/c1-7-10(2)11(3)8-9-12(14)13(4,5)6/h10-12,14H,7-9H2,1-6H3. The fourth-order valence-corrected chi connectivity index (χ4v) is 1.54. The van der Waals surface area contributed by atoms with Gasteiger partial charge in [0.05, 0.1) is 6.10 Å². The van der Waals surface area contributed by atoms with Gasteiger partial charge in [-0.2, -0.15) is 0 Å². The van der Waals surface area contributed by atoms with Crippen molar-refractivity contribution in [1.82, 2.24) is 0 Å². The van der Waals surface area contributed by atoms with Crippen molar-refractivity contribution in [2.45, 2.75) is 66.9 Å². The Hall–Kier alpha value is -0.0400. The van der Waals surface area contributed by atoms with Gasteiger partial charge in [-0.25, -0.2) is 0 Å². The molecule has 3 atom stereocenters. The van der Waals surface area contributed by atoms with Gasteiger partial charge < -0.3 is 5.11 Å². The molecular weight excluding hydrogens is 172 g/mol. The van der Waals surface area contributed by atoms with Gasteiger partial charge in [0.15, 0.2) is 0 Å². The molecule has 0 aromatic carbocycles. The zero-order chi connectivity index (χ0) is 11.4. The third-order valence-corrected chi connectivity index (χ3v) is 3.51. The summed E-state index contributed by atoms with van der Waals surface area (Å²) in [6.45, 7) is 13.1. The first-order valence-corrected chi connectivity index (χ1v) is 5.97. The van der Waals surface area contributed by atoms with Crippen molar-refractivity contribution in [2.24, 2.45) is 17.3 Å². The van der Waals surface area contributed by atoms with E-state index in [1.807, 2.05) is 0 Å². The van der Waals surface area contributed by atoms with E-state index in [1.165, 1.54) is 6.42 Å². The highest BCUT2D eigenvalue weighted by molar-refractivity contribution is 4.74. The van der Waals surface area contributed by atoms with Crippen molar-refractivity contribution in [3.63, 3.8) is 0 Å². The average Bonchev–Trinajstić information content (AvgIpc) is 2.10. The van der Waals surface area contributed by atoms with Crippen LogP contribution in [0, 0.1) is 17.3 Å². The van der Waals surface area contributed by atoms with Crippen molar-refractivity contribution in [3.8, 4) is 0 Å². The molecule has 0 bridgehead atoms. The molecule has 0 saturated heterocycles. The van der Waals surface area contributed by atoms with Crippen molar-refractivity contribution in [1.29, 1.82) is 0 Å². The molecule has 3 unspecified atom stereocenters. The molecule has 0 spiro atoms. The number of rotatable bonds is 5. The normalized spacial score (nSPS) is 19.1. The first-order valence-electron chi connectivity index (χ1n) is 5.97. The Morgan fingerprint density at radius 1 is 1.00 bits per heavy atom. The maximum Gasteiger partial charge on any atom is 0.0588 e. The van der Waals surface area contributed by atoms with Crippen molar-refractivity contribution >= 4 is 0 Å². The molecule has 0 aliphatic rings. The lowest BCUT2D eigenvalue weighted by Gasteiger charge is -2.28. The number of aliphatic hydroxyl groups is 1. The summed E-state index contributed by atoms with van der Waals surface area (Å²) < 4.78 is 0. The highest BCUT2D eigenvalue weighted by Crippen LogP contribution is 2.26. The molecule has 1 heteroatoms. The van der Waals surface area contributed by atoms with Crippen LogP contribution in [0.3, 0.4) is 0 Å². The summed E-state index contributed by atoms with van der Waals surface area (Å²) in [5.41, 5.74) is 0.0369. The van der Waals surface area contributed by atoms with E-state index in [0.717, 1.165) is 24.7 Å². The third-order valence-electron chi connectivity index (χ3n) is 3.51. The Balaban J connectivity index is 3.83. The van der Waals surface area contributed by atoms with Gasteiger partial charge in [-0.15, -0.1) is 0 Å². The van der Waals surface area contributed by atoms with Crippen molar-refractivity contribution < 1.29 is 5.11 Å². The maximum atomic E-state index is 9.89. The number of hydrogen-bond donors (Lipinski definition) is 1. The van der Waals surface area contributed by atoms with Crippen LogP contribution in [0.15, 0.2) is 0 Å². The fraction of sp³-hybridized carbons (Fsp3) is 1.00. The second kappa shape index (κ2) is 5.75. The van der Waals surface area contributed by atoms with Gasteiger partial charge in [0.1, 0.15) is 0 Å². The highest BCUT2D eigenvalue weighted by Gasteiger charge is 2.22. The van der Waals surface area contributed by atoms with Gasteiger partial charge in [0.25, 0.3) is 0 Å². The van der Waals surface area contributed by atoms with Crippen LogP contribution in [-0.2, 0) is 0 Å². The first kappa shape index (κ1) is 14.0. The molecule has 0 aliphatic carbocycles. The van der Waals surface area contributed by atoms with Crippen LogP contribution in [-0.4, -0.2) is 11.2 Å². The number of hydrogen-bond acceptors (Lipinski definition) is 1. The lowest BCUT2D eigenvalue weighted by molar-refractivity contribution is 0.0483. The fourth-order valence-electron chi connectivity index (χ4n) is 1.54. The molecule has 0 aliphatic heterocycles. The molecule has 0 saturated carbocycles. The van der Waals surface area contributed by atoms with E-state index in [2.05, 4.69) is 41.5 Å². The smallest absolute Gasteiger partial charge is 0.0588 e. The van der Waals surface area contributed by atoms with Crippen LogP contribution in [0.25, 0.3) is 0 Å². The second-order valence-corrected chi connectivity index (χ2v) is 5.82. The Bertz CT molecular complexity index is 146. The van der Waals surface area contributed by atoms with Gasteiger partial charge in [0.2, 0.25) is 0 Å². The molecular formula is C13H28O. The van der Waals surface area contributed by atoms with E-state index >= 15 is 0 Å². The minimum Gasteiger partial charge on any atom is -0.393 e. The minimum absolute atomic E-state index is 0.0369. The average molecular weight is 200 g/mol. The van der Waals surface area contributed by atoms with Crippen LogP contribution in [0.4, 0.5) is 0 Å². The molecule has 0 heterocycles. The van der Waals surface area contributed by atoms with Crippen LogP contribution in [0.5, 0.6) is 0 Å². The molecule has 86 valence electrons. The van der Waals surface area contributed by atoms with Gasteiger partial charge in [0, 0.05) is 0 Å². The Kier molecular flexibility index (Phi) is 5.73.